The Kier molecular flexibility index (Phi) is 11.6. The predicted octanol–water partition coefficient (Wildman–Crippen LogP) is 9.54. The van der Waals surface area contributed by atoms with Crippen molar-refractivity contribution < 1.29 is 36.6 Å². The summed E-state index contributed by atoms with van der Waals surface area (Å²) in [6.07, 6.45) is -4.12. The molecule has 0 aliphatic carbocycles. The number of para-hydroxylation sites is 1. The normalized spacial score (nSPS) is 13.0. The van der Waals surface area contributed by atoms with Crippen LogP contribution >= 0.6 is 0 Å². The van der Waals surface area contributed by atoms with Gasteiger partial charge in [-0.1, -0.05) is 50.2 Å². The first-order valence-corrected chi connectivity index (χ1v) is 18.5. The van der Waals surface area contributed by atoms with Crippen LogP contribution in [0.1, 0.15) is 78.0 Å². The lowest BCUT2D eigenvalue weighted by atomic mass is 9.90. The van der Waals surface area contributed by atoms with E-state index in [1.54, 1.807) is 45.9 Å². The number of hydrogen-bond donors (Lipinski definition) is 2. The molecule has 13 heteroatoms. The summed E-state index contributed by atoms with van der Waals surface area (Å²) in [5.74, 6) is -4.79. The van der Waals surface area contributed by atoms with Crippen molar-refractivity contribution in [3.05, 3.63) is 140 Å². The third kappa shape index (κ3) is 8.87. The summed E-state index contributed by atoms with van der Waals surface area (Å²) in [5, 5.41) is 14.0. The van der Waals surface area contributed by atoms with E-state index in [1.807, 2.05) is 30.3 Å². The second-order valence-corrected chi connectivity index (χ2v) is 14.8. The van der Waals surface area contributed by atoms with Crippen molar-refractivity contribution in [3.63, 3.8) is 0 Å². The number of aromatic nitrogens is 3. The van der Waals surface area contributed by atoms with Gasteiger partial charge in [-0.2, -0.15) is 13.2 Å². The molecule has 1 amide bonds. The molecule has 2 heterocycles. The molecule has 0 aliphatic rings. The Morgan fingerprint density at radius 2 is 1.58 bits per heavy atom. The van der Waals surface area contributed by atoms with Crippen LogP contribution in [0.2, 0.25) is 0 Å². The van der Waals surface area contributed by atoms with Crippen LogP contribution in [0.5, 0.6) is 0 Å². The molecule has 8 nitrogen and oxygen atoms in total. The standard InChI is InChI=1S/C44H41F5N4O4/c1-23(2)15-38(42(56)52-37(21-39(54)55)33-18-29(19-34(41(33)46)44(47,48)49)40-24(3)9-8-10-25(40)4)53-22-31(50-26(5)43(53)57)14-13-27-16-30(45)20-36-32(27)17-28-11-6-7-12-35(28)51-36/h6-12,16-20,22-23,37-38H,13-15,21H2,1-5H3,(H,52,56)(H,54,55). The summed E-state index contributed by atoms with van der Waals surface area (Å²) in [4.78, 5) is 49.2. The lowest BCUT2D eigenvalue weighted by molar-refractivity contribution is -0.140. The summed E-state index contributed by atoms with van der Waals surface area (Å²) in [7, 11) is 0. The molecular formula is C44H41F5N4O4. The fourth-order valence-corrected chi connectivity index (χ4v) is 7.43. The van der Waals surface area contributed by atoms with Gasteiger partial charge in [-0.25, -0.2) is 13.8 Å². The molecule has 4 aromatic carbocycles. The summed E-state index contributed by atoms with van der Waals surface area (Å²) in [5.41, 5.74) is 1.00. The topological polar surface area (TPSA) is 114 Å². The number of carbonyl (C=O) groups excluding carboxylic acids is 1. The fraction of sp³-hybridized carbons (Fsp3) is 0.295. The summed E-state index contributed by atoms with van der Waals surface area (Å²) >= 11 is 0. The number of aliphatic carboxylic acids is 1. The van der Waals surface area contributed by atoms with Gasteiger partial charge in [0.05, 0.1) is 34.8 Å². The van der Waals surface area contributed by atoms with Gasteiger partial charge in [-0.15, -0.1) is 0 Å². The van der Waals surface area contributed by atoms with Crippen LogP contribution in [-0.4, -0.2) is 31.5 Å². The Labute approximate surface area is 325 Å². The number of aryl methyl sites for hydroxylation is 5. The highest BCUT2D eigenvalue weighted by molar-refractivity contribution is 5.94. The predicted molar refractivity (Wildman–Crippen MR) is 208 cm³/mol. The van der Waals surface area contributed by atoms with Gasteiger partial charge in [0.1, 0.15) is 23.4 Å². The number of nitrogens with zero attached hydrogens (tertiary/aromatic N) is 3. The van der Waals surface area contributed by atoms with Crippen LogP contribution in [0.25, 0.3) is 32.9 Å². The van der Waals surface area contributed by atoms with Gasteiger partial charge in [-0.3, -0.25) is 23.9 Å². The monoisotopic (exact) mass is 784 g/mol. The number of carboxylic acid groups (broad SMARTS) is 1. The highest BCUT2D eigenvalue weighted by Crippen LogP contribution is 2.40. The lowest BCUT2D eigenvalue weighted by Crippen LogP contribution is -2.41. The number of carbonyl (C=O) groups is 2. The first-order valence-electron chi connectivity index (χ1n) is 18.5. The Balaban J connectivity index is 1.38. The van der Waals surface area contributed by atoms with E-state index in [0.717, 1.165) is 16.8 Å². The third-order valence-corrected chi connectivity index (χ3v) is 10.1. The van der Waals surface area contributed by atoms with Gasteiger partial charge in [0.15, 0.2) is 0 Å². The number of nitrogens with one attached hydrogen (secondary N) is 1. The van der Waals surface area contributed by atoms with Crippen LogP contribution in [0.4, 0.5) is 22.0 Å². The van der Waals surface area contributed by atoms with Crippen LogP contribution in [0.3, 0.4) is 0 Å². The second-order valence-electron chi connectivity index (χ2n) is 14.8. The van der Waals surface area contributed by atoms with Gasteiger partial charge in [0.25, 0.3) is 5.56 Å². The molecule has 6 aromatic rings. The maximum Gasteiger partial charge on any atom is 0.419 e. The van der Waals surface area contributed by atoms with Crippen molar-refractivity contribution >= 4 is 33.7 Å². The third-order valence-electron chi connectivity index (χ3n) is 10.1. The number of fused-ring (bicyclic) bond motifs is 2. The van der Waals surface area contributed by atoms with Gasteiger partial charge in [0.2, 0.25) is 5.91 Å². The van der Waals surface area contributed by atoms with Crippen molar-refractivity contribution in [2.45, 2.75) is 78.6 Å². The molecule has 0 saturated heterocycles. The number of hydrogen-bond acceptors (Lipinski definition) is 5. The SMILES string of the molecule is Cc1cccc(C)c1-c1cc(C(CC(=O)O)NC(=O)C(CC(C)C)n2cc(CCc3cc(F)cc4nc5ccccc5cc34)nc(C)c2=O)c(F)c(C(F)(F)F)c1. The van der Waals surface area contributed by atoms with E-state index < -0.39 is 64.9 Å². The number of rotatable bonds is 12. The molecule has 296 valence electrons. The molecule has 2 atom stereocenters. The second kappa shape index (κ2) is 16.2. The Bertz CT molecular complexity index is 2560. The zero-order valence-electron chi connectivity index (χ0n) is 32.0. The number of benzene rings is 4. The summed E-state index contributed by atoms with van der Waals surface area (Å²) in [6, 6.07) is 16.1. The van der Waals surface area contributed by atoms with E-state index in [4.69, 9.17) is 0 Å². The maximum atomic E-state index is 16.0. The highest BCUT2D eigenvalue weighted by Gasteiger charge is 2.38. The van der Waals surface area contributed by atoms with Gasteiger partial charge in [-0.05, 0) is 104 Å². The average Bonchev–Trinajstić information content (AvgIpc) is 3.12. The van der Waals surface area contributed by atoms with E-state index in [0.29, 0.717) is 45.0 Å². The molecular weight excluding hydrogens is 743 g/mol. The highest BCUT2D eigenvalue weighted by atomic mass is 19.4. The minimum absolute atomic E-state index is 0.00152. The molecule has 0 saturated carbocycles. The molecule has 2 unspecified atom stereocenters. The Hall–Kier alpha value is -5.98. The fourth-order valence-electron chi connectivity index (χ4n) is 7.43. The van der Waals surface area contributed by atoms with Crippen molar-refractivity contribution in [3.8, 4) is 11.1 Å². The largest absolute Gasteiger partial charge is 0.481 e. The lowest BCUT2D eigenvalue weighted by Gasteiger charge is -2.27. The number of alkyl halides is 3. The minimum Gasteiger partial charge on any atom is -0.481 e. The number of amides is 1. The average molecular weight is 785 g/mol. The van der Waals surface area contributed by atoms with Crippen molar-refractivity contribution in [1.29, 1.82) is 0 Å². The van der Waals surface area contributed by atoms with Crippen molar-refractivity contribution in [1.82, 2.24) is 19.9 Å². The molecule has 0 fully saturated rings. The molecule has 57 heavy (non-hydrogen) atoms. The van der Waals surface area contributed by atoms with E-state index in [2.05, 4.69) is 15.3 Å². The van der Waals surface area contributed by atoms with E-state index in [1.165, 1.54) is 29.8 Å². The maximum absolute atomic E-state index is 16.0. The summed E-state index contributed by atoms with van der Waals surface area (Å²) in [6.45, 7) is 8.44. The number of halogens is 5. The van der Waals surface area contributed by atoms with Crippen LogP contribution < -0.4 is 10.9 Å². The van der Waals surface area contributed by atoms with E-state index >= 15 is 4.39 Å². The van der Waals surface area contributed by atoms with Crippen LogP contribution in [0, 0.1) is 38.3 Å². The first-order chi connectivity index (χ1) is 26.9. The Morgan fingerprint density at radius 3 is 2.25 bits per heavy atom. The molecule has 0 bridgehead atoms. The molecule has 2 aromatic heterocycles. The van der Waals surface area contributed by atoms with Crippen LogP contribution in [0.15, 0.2) is 83.8 Å². The zero-order valence-corrected chi connectivity index (χ0v) is 32.0. The molecule has 6 rings (SSSR count). The Morgan fingerprint density at radius 1 is 0.877 bits per heavy atom. The van der Waals surface area contributed by atoms with Gasteiger partial charge in [0, 0.05) is 28.6 Å². The van der Waals surface area contributed by atoms with E-state index in [-0.39, 0.29) is 36.4 Å². The van der Waals surface area contributed by atoms with Crippen LogP contribution in [-0.2, 0) is 28.6 Å². The number of carboxylic acids is 1. The number of pyridine rings is 1. The van der Waals surface area contributed by atoms with Crippen molar-refractivity contribution in [2.24, 2.45) is 5.92 Å². The zero-order chi connectivity index (χ0) is 41.3. The molecule has 2 N–H and O–H groups in total. The van der Waals surface area contributed by atoms with Crippen molar-refractivity contribution in [2.75, 3.05) is 0 Å². The molecule has 0 spiro atoms. The molecule has 0 aliphatic heterocycles. The smallest absolute Gasteiger partial charge is 0.419 e. The van der Waals surface area contributed by atoms with E-state index in [9.17, 15) is 37.1 Å². The molecule has 0 radical (unpaired) electrons. The minimum atomic E-state index is -5.15. The quantitative estimate of drug-likeness (QED) is 0.0945. The first kappa shape index (κ1) is 40.7. The van der Waals surface area contributed by atoms with Gasteiger partial charge < -0.3 is 10.4 Å². The summed E-state index contributed by atoms with van der Waals surface area (Å²) < 4.78 is 75.0. The van der Waals surface area contributed by atoms with Gasteiger partial charge >= 0.3 is 12.1 Å².